The van der Waals surface area contributed by atoms with Crippen LogP contribution in [0.15, 0.2) is 0 Å². The molecule has 1 amide bonds. The molecule has 1 aliphatic rings. The predicted octanol–water partition coefficient (Wildman–Crippen LogP) is 1.54. The molecule has 84 valence electrons. The second kappa shape index (κ2) is 6.02. The van der Waals surface area contributed by atoms with E-state index in [0.717, 1.165) is 32.4 Å². The van der Waals surface area contributed by atoms with Crippen LogP contribution in [0.3, 0.4) is 0 Å². The topological polar surface area (TPSA) is 41.1 Å². The van der Waals surface area contributed by atoms with Crippen LogP contribution in [0.25, 0.3) is 0 Å². The molecule has 0 spiro atoms. The number of hydrogen-bond acceptors (Lipinski definition) is 2. The summed E-state index contributed by atoms with van der Waals surface area (Å²) >= 11 is 0. The van der Waals surface area contributed by atoms with Gasteiger partial charge in [-0.25, -0.2) is 0 Å². The molecule has 1 aliphatic heterocycles. The normalized spacial score (nSPS) is 20.4. The van der Waals surface area contributed by atoms with E-state index in [2.05, 4.69) is 24.5 Å². The number of nitrogens with one attached hydrogen (secondary N) is 2. The predicted molar refractivity (Wildman–Crippen MR) is 60.2 cm³/mol. The molecule has 1 rings (SSSR count). The smallest absolute Gasteiger partial charge is 0.220 e. The standard InChI is InChI=1S/C11H22N2O.H2/c1-3-9(2)8-11(14)13-10-4-6-12-7-5-10;/h9-10,12H,3-8H2,1-2H3,(H,13,14);1H. The van der Waals surface area contributed by atoms with E-state index in [9.17, 15) is 4.79 Å². The molecule has 0 aromatic rings. The summed E-state index contributed by atoms with van der Waals surface area (Å²) in [6.07, 6.45) is 3.92. The summed E-state index contributed by atoms with van der Waals surface area (Å²) in [6.45, 7) is 6.33. The van der Waals surface area contributed by atoms with Crippen LogP contribution in [-0.2, 0) is 4.79 Å². The van der Waals surface area contributed by atoms with Gasteiger partial charge in [-0.15, -0.1) is 0 Å². The lowest BCUT2D eigenvalue weighted by atomic mass is 10.0. The zero-order chi connectivity index (χ0) is 10.4. The van der Waals surface area contributed by atoms with Crippen molar-refractivity contribution in [2.45, 2.75) is 45.6 Å². The molecule has 3 nitrogen and oxygen atoms in total. The van der Waals surface area contributed by atoms with Crippen molar-refractivity contribution < 1.29 is 6.22 Å². The van der Waals surface area contributed by atoms with Crippen molar-refractivity contribution in [3.8, 4) is 0 Å². The van der Waals surface area contributed by atoms with E-state index in [-0.39, 0.29) is 7.33 Å². The third-order valence-corrected chi connectivity index (χ3v) is 2.94. The van der Waals surface area contributed by atoms with Gasteiger partial charge < -0.3 is 10.6 Å². The number of amides is 1. The molecule has 1 saturated heterocycles. The number of rotatable bonds is 4. The summed E-state index contributed by atoms with van der Waals surface area (Å²) in [7, 11) is 0. The van der Waals surface area contributed by atoms with Crippen LogP contribution in [0.2, 0.25) is 0 Å². The maximum Gasteiger partial charge on any atom is 0.220 e. The van der Waals surface area contributed by atoms with Crippen LogP contribution < -0.4 is 10.6 Å². The van der Waals surface area contributed by atoms with Gasteiger partial charge in [-0.2, -0.15) is 0 Å². The van der Waals surface area contributed by atoms with E-state index in [1.807, 2.05) is 0 Å². The first-order valence-corrected chi connectivity index (χ1v) is 5.72. The van der Waals surface area contributed by atoms with E-state index < -0.39 is 0 Å². The van der Waals surface area contributed by atoms with Gasteiger partial charge in [-0.05, 0) is 31.8 Å². The van der Waals surface area contributed by atoms with E-state index in [1.54, 1.807) is 0 Å². The fourth-order valence-corrected chi connectivity index (χ4v) is 1.71. The number of hydrogen-bond donors (Lipinski definition) is 2. The first kappa shape index (κ1) is 11.5. The largest absolute Gasteiger partial charge is 0.353 e. The van der Waals surface area contributed by atoms with Crippen LogP contribution in [0.5, 0.6) is 0 Å². The SMILES string of the molecule is CCC(C)CC(=O)NC1CCNCC1.[HH]. The lowest BCUT2D eigenvalue weighted by Crippen LogP contribution is -2.43. The lowest BCUT2D eigenvalue weighted by molar-refractivity contribution is -0.122. The highest BCUT2D eigenvalue weighted by Gasteiger charge is 2.16. The molecule has 1 unspecified atom stereocenters. The molecule has 3 heteroatoms. The highest BCUT2D eigenvalue weighted by Crippen LogP contribution is 2.08. The van der Waals surface area contributed by atoms with Gasteiger partial charge >= 0.3 is 0 Å². The monoisotopic (exact) mass is 200 g/mol. The van der Waals surface area contributed by atoms with Crippen LogP contribution in [0.4, 0.5) is 0 Å². The molecule has 0 saturated carbocycles. The summed E-state index contributed by atoms with van der Waals surface area (Å²) in [6, 6.07) is 0.410. The maximum atomic E-state index is 11.5. The number of piperidine rings is 1. The Labute approximate surface area is 88.1 Å². The molecular weight excluding hydrogens is 176 g/mol. The van der Waals surface area contributed by atoms with Gasteiger partial charge in [0, 0.05) is 13.9 Å². The fraction of sp³-hybridized carbons (Fsp3) is 0.909. The molecule has 0 aromatic heterocycles. The number of carbonyl (C=O) groups excluding carboxylic acids is 1. The van der Waals surface area contributed by atoms with Gasteiger partial charge in [0.15, 0.2) is 0 Å². The first-order valence-electron chi connectivity index (χ1n) is 5.72. The zero-order valence-corrected chi connectivity index (χ0v) is 9.31. The number of carbonyl (C=O) groups is 1. The second-order valence-electron chi connectivity index (χ2n) is 4.31. The second-order valence-corrected chi connectivity index (χ2v) is 4.31. The van der Waals surface area contributed by atoms with Gasteiger partial charge in [0.1, 0.15) is 0 Å². The Hall–Kier alpha value is -0.570. The van der Waals surface area contributed by atoms with Gasteiger partial charge in [-0.1, -0.05) is 20.3 Å². The molecule has 0 bridgehead atoms. The minimum atomic E-state index is 0. The molecule has 1 fully saturated rings. The summed E-state index contributed by atoms with van der Waals surface area (Å²) in [5.74, 6) is 0.739. The lowest BCUT2D eigenvalue weighted by Gasteiger charge is -2.24. The van der Waals surface area contributed by atoms with E-state index in [1.165, 1.54) is 0 Å². The summed E-state index contributed by atoms with van der Waals surface area (Å²) < 4.78 is 0. The molecule has 1 atom stereocenters. The third-order valence-electron chi connectivity index (χ3n) is 2.94. The van der Waals surface area contributed by atoms with Crippen molar-refractivity contribution in [1.29, 1.82) is 0 Å². The Kier molecular flexibility index (Phi) is 4.94. The molecule has 0 radical (unpaired) electrons. The van der Waals surface area contributed by atoms with E-state index in [0.29, 0.717) is 18.4 Å². The zero-order valence-electron chi connectivity index (χ0n) is 9.31. The minimum Gasteiger partial charge on any atom is -0.353 e. The van der Waals surface area contributed by atoms with Gasteiger partial charge in [0.25, 0.3) is 0 Å². The van der Waals surface area contributed by atoms with Crippen LogP contribution >= 0.6 is 0 Å². The fourth-order valence-electron chi connectivity index (χ4n) is 1.71. The van der Waals surface area contributed by atoms with Crippen molar-refractivity contribution in [2.24, 2.45) is 5.92 Å². The third kappa shape index (κ3) is 4.09. The van der Waals surface area contributed by atoms with Crippen molar-refractivity contribution in [3.63, 3.8) is 0 Å². The van der Waals surface area contributed by atoms with Crippen molar-refractivity contribution in [2.75, 3.05) is 13.1 Å². The van der Waals surface area contributed by atoms with E-state index >= 15 is 0 Å². The Morgan fingerprint density at radius 2 is 2.21 bits per heavy atom. The van der Waals surface area contributed by atoms with Crippen molar-refractivity contribution in [1.82, 2.24) is 10.6 Å². The van der Waals surface area contributed by atoms with Crippen LogP contribution in [0, 0.1) is 5.92 Å². The summed E-state index contributed by atoms with van der Waals surface area (Å²) in [5.41, 5.74) is 0. The Bertz CT molecular complexity index is 181. The Morgan fingerprint density at radius 3 is 2.79 bits per heavy atom. The van der Waals surface area contributed by atoms with Crippen LogP contribution in [0.1, 0.15) is 41.0 Å². The highest BCUT2D eigenvalue weighted by molar-refractivity contribution is 5.76. The van der Waals surface area contributed by atoms with Gasteiger partial charge in [0.2, 0.25) is 5.91 Å². The quantitative estimate of drug-likeness (QED) is 0.722. The van der Waals surface area contributed by atoms with Crippen molar-refractivity contribution in [3.05, 3.63) is 0 Å². The summed E-state index contributed by atoms with van der Waals surface area (Å²) in [4.78, 5) is 11.5. The Morgan fingerprint density at radius 1 is 1.57 bits per heavy atom. The average Bonchev–Trinajstić information content (AvgIpc) is 2.19. The molecule has 1 heterocycles. The minimum absolute atomic E-state index is 0. The van der Waals surface area contributed by atoms with Gasteiger partial charge in [0.05, 0.1) is 0 Å². The highest BCUT2D eigenvalue weighted by atomic mass is 16.1. The summed E-state index contributed by atoms with van der Waals surface area (Å²) in [5, 5.41) is 6.39. The van der Waals surface area contributed by atoms with Crippen LogP contribution in [-0.4, -0.2) is 25.0 Å². The molecular formula is C11H24N2O. The van der Waals surface area contributed by atoms with Gasteiger partial charge in [-0.3, -0.25) is 4.79 Å². The molecule has 0 aromatic carbocycles. The first-order chi connectivity index (χ1) is 6.72. The van der Waals surface area contributed by atoms with E-state index in [4.69, 9.17) is 0 Å². The Balaban J connectivity index is 0.00000196. The molecule has 0 aliphatic carbocycles. The average molecular weight is 200 g/mol. The van der Waals surface area contributed by atoms with Crippen molar-refractivity contribution >= 4 is 5.91 Å². The molecule has 2 N–H and O–H groups in total. The molecule has 14 heavy (non-hydrogen) atoms. The maximum absolute atomic E-state index is 11.5.